The number of likely N-dealkylation sites (tertiary alicyclic amines) is 1. The fourth-order valence-electron chi connectivity index (χ4n) is 2.93. The van der Waals surface area contributed by atoms with Crippen LogP contribution in [0, 0.1) is 0 Å². The monoisotopic (exact) mass is 262 g/mol. The fraction of sp³-hybridized carbons (Fsp3) is 0.667. The maximum Gasteiger partial charge on any atom is 0.0444 e. The van der Waals surface area contributed by atoms with Crippen molar-refractivity contribution in [2.75, 3.05) is 13.1 Å². The summed E-state index contributed by atoms with van der Waals surface area (Å²) in [5.74, 6) is 5.81. The summed E-state index contributed by atoms with van der Waals surface area (Å²) < 4.78 is 0. The molecule has 4 heteroatoms. The van der Waals surface area contributed by atoms with E-state index in [1.54, 1.807) is 0 Å². The molecule has 106 valence electrons. The third-order valence-electron chi connectivity index (χ3n) is 4.36. The summed E-state index contributed by atoms with van der Waals surface area (Å²) in [7, 11) is 0. The Labute approximate surface area is 116 Å². The van der Waals surface area contributed by atoms with Gasteiger partial charge in [0, 0.05) is 29.9 Å². The van der Waals surface area contributed by atoms with Crippen LogP contribution in [-0.2, 0) is 6.42 Å². The maximum atomic E-state index is 5.81. The second kappa shape index (κ2) is 6.46. The molecule has 3 N–H and O–H groups in total. The van der Waals surface area contributed by atoms with E-state index in [2.05, 4.69) is 35.2 Å². The molecule has 1 aliphatic heterocycles. The Morgan fingerprint density at radius 3 is 2.63 bits per heavy atom. The lowest BCUT2D eigenvalue weighted by atomic mass is 9.87. The number of pyridine rings is 1. The zero-order valence-corrected chi connectivity index (χ0v) is 12.1. The lowest BCUT2D eigenvalue weighted by molar-refractivity contribution is 0.0608. The Morgan fingerprint density at radius 2 is 2.05 bits per heavy atom. The molecule has 0 aliphatic carbocycles. The van der Waals surface area contributed by atoms with Gasteiger partial charge in [0.2, 0.25) is 0 Å². The Morgan fingerprint density at radius 1 is 1.32 bits per heavy atom. The van der Waals surface area contributed by atoms with Gasteiger partial charge in [0.15, 0.2) is 0 Å². The number of hydrogen-bond donors (Lipinski definition) is 2. The highest BCUT2D eigenvalue weighted by Gasteiger charge is 2.35. The number of nitrogens with one attached hydrogen (secondary N) is 1. The van der Waals surface area contributed by atoms with Gasteiger partial charge in [-0.2, -0.15) is 0 Å². The highest BCUT2D eigenvalue weighted by atomic mass is 15.3. The van der Waals surface area contributed by atoms with Crippen molar-refractivity contribution in [3.63, 3.8) is 0 Å². The number of hydrogen-bond acceptors (Lipinski definition) is 4. The molecule has 19 heavy (non-hydrogen) atoms. The molecule has 2 heterocycles. The van der Waals surface area contributed by atoms with Crippen LogP contribution in [-0.4, -0.2) is 34.6 Å². The van der Waals surface area contributed by atoms with Crippen molar-refractivity contribution in [2.24, 2.45) is 5.84 Å². The molecule has 0 radical (unpaired) electrons. The Bertz CT molecular complexity index is 371. The van der Waals surface area contributed by atoms with E-state index in [-0.39, 0.29) is 11.6 Å². The van der Waals surface area contributed by atoms with E-state index in [0.717, 1.165) is 12.1 Å². The molecular weight excluding hydrogens is 236 g/mol. The van der Waals surface area contributed by atoms with E-state index in [9.17, 15) is 0 Å². The van der Waals surface area contributed by atoms with E-state index in [4.69, 9.17) is 5.84 Å². The minimum Gasteiger partial charge on any atom is -0.297 e. The average Bonchev–Trinajstić information content (AvgIpc) is 2.46. The molecule has 0 spiro atoms. The van der Waals surface area contributed by atoms with Crippen LogP contribution in [0.25, 0.3) is 0 Å². The SMILES string of the molecule is CC(C)(C(Cc1ccccn1)NN)N1CCCCC1. The number of piperidine rings is 1. The fourth-order valence-corrected chi connectivity index (χ4v) is 2.93. The smallest absolute Gasteiger partial charge is 0.0444 e. The van der Waals surface area contributed by atoms with Crippen LogP contribution in [0.3, 0.4) is 0 Å². The van der Waals surface area contributed by atoms with Crippen molar-refractivity contribution < 1.29 is 0 Å². The summed E-state index contributed by atoms with van der Waals surface area (Å²) in [5.41, 5.74) is 4.15. The molecule has 0 saturated carbocycles. The molecule has 0 amide bonds. The van der Waals surface area contributed by atoms with Gasteiger partial charge in [-0.05, 0) is 51.9 Å². The predicted molar refractivity (Wildman–Crippen MR) is 78.6 cm³/mol. The van der Waals surface area contributed by atoms with Gasteiger partial charge in [-0.25, -0.2) is 0 Å². The van der Waals surface area contributed by atoms with Crippen molar-refractivity contribution >= 4 is 0 Å². The van der Waals surface area contributed by atoms with Crippen LogP contribution in [0.1, 0.15) is 38.8 Å². The Hall–Kier alpha value is -0.970. The molecular formula is C15H26N4. The van der Waals surface area contributed by atoms with Crippen LogP contribution in [0.4, 0.5) is 0 Å². The molecule has 1 saturated heterocycles. The highest BCUT2D eigenvalue weighted by Crippen LogP contribution is 2.25. The quantitative estimate of drug-likeness (QED) is 0.627. The third kappa shape index (κ3) is 3.53. The number of aromatic nitrogens is 1. The molecule has 1 aromatic heterocycles. The van der Waals surface area contributed by atoms with Crippen molar-refractivity contribution in [1.82, 2.24) is 15.3 Å². The molecule has 4 nitrogen and oxygen atoms in total. The first-order chi connectivity index (χ1) is 9.14. The van der Waals surface area contributed by atoms with E-state index in [1.165, 1.54) is 32.4 Å². The zero-order valence-electron chi connectivity index (χ0n) is 12.1. The lowest BCUT2D eigenvalue weighted by Crippen LogP contribution is -2.61. The minimum absolute atomic E-state index is 0.0483. The number of nitrogens with zero attached hydrogens (tertiary/aromatic N) is 2. The lowest BCUT2D eigenvalue weighted by Gasteiger charge is -2.45. The van der Waals surface area contributed by atoms with Crippen LogP contribution in [0.15, 0.2) is 24.4 Å². The molecule has 1 aromatic rings. The third-order valence-corrected chi connectivity index (χ3v) is 4.36. The summed E-state index contributed by atoms with van der Waals surface area (Å²) >= 11 is 0. The van der Waals surface area contributed by atoms with Crippen molar-refractivity contribution in [3.8, 4) is 0 Å². The van der Waals surface area contributed by atoms with Crippen molar-refractivity contribution in [1.29, 1.82) is 0 Å². The first-order valence-electron chi connectivity index (χ1n) is 7.25. The van der Waals surface area contributed by atoms with Crippen LogP contribution in [0.2, 0.25) is 0 Å². The van der Waals surface area contributed by atoms with Crippen molar-refractivity contribution in [2.45, 2.75) is 51.1 Å². The first-order valence-corrected chi connectivity index (χ1v) is 7.25. The molecule has 1 unspecified atom stereocenters. The van der Waals surface area contributed by atoms with Gasteiger partial charge in [-0.3, -0.25) is 21.2 Å². The second-order valence-corrected chi connectivity index (χ2v) is 5.95. The average molecular weight is 262 g/mol. The van der Waals surface area contributed by atoms with Gasteiger partial charge in [0.25, 0.3) is 0 Å². The number of nitrogens with two attached hydrogens (primary N) is 1. The molecule has 0 aromatic carbocycles. The largest absolute Gasteiger partial charge is 0.297 e. The summed E-state index contributed by atoms with van der Waals surface area (Å²) in [6.07, 6.45) is 6.65. The Kier molecular flexibility index (Phi) is 4.91. The van der Waals surface area contributed by atoms with Crippen LogP contribution in [0.5, 0.6) is 0 Å². The van der Waals surface area contributed by atoms with E-state index in [0.29, 0.717) is 0 Å². The van der Waals surface area contributed by atoms with Gasteiger partial charge in [-0.1, -0.05) is 12.5 Å². The summed E-state index contributed by atoms with van der Waals surface area (Å²) in [4.78, 5) is 6.97. The molecule has 2 rings (SSSR count). The maximum absolute atomic E-state index is 5.81. The van der Waals surface area contributed by atoms with Gasteiger partial charge in [0.05, 0.1) is 0 Å². The number of rotatable bonds is 5. The van der Waals surface area contributed by atoms with E-state index in [1.807, 2.05) is 18.3 Å². The molecule has 1 aliphatic rings. The zero-order chi connectivity index (χ0) is 13.7. The summed E-state index contributed by atoms with van der Waals surface area (Å²) in [6, 6.07) is 6.26. The van der Waals surface area contributed by atoms with E-state index >= 15 is 0 Å². The first kappa shape index (κ1) is 14.4. The number of hydrazine groups is 1. The van der Waals surface area contributed by atoms with Crippen LogP contribution >= 0.6 is 0 Å². The molecule has 1 fully saturated rings. The minimum atomic E-state index is 0.0483. The summed E-state index contributed by atoms with van der Waals surface area (Å²) in [5, 5.41) is 0. The summed E-state index contributed by atoms with van der Waals surface area (Å²) in [6.45, 7) is 6.92. The van der Waals surface area contributed by atoms with Gasteiger partial charge in [-0.15, -0.1) is 0 Å². The van der Waals surface area contributed by atoms with Gasteiger partial charge >= 0.3 is 0 Å². The standard InChI is InChI=1S/C15H26N4/c1-15(2,19-10-6-3-7-11-19)14(18-16)12-13-8-4-5-9-17-13/h4-5,8-9,14,18H,3,6-7,10-12,16H2,1-2H3. The van der Waals surface area contributed by atoms with Gasteiger partial charge in [0.1, 0.15) is 0 Å². The highest BCUT2D eigenvalue weighted by molar-refractivity contribution is 5.08. The second-order valence-electron chi connectivity index (χ2n) is 5.95. The molecule has 1 atom stereocenters. The topological polar surface area (TPSA) is 54.2 Å². The Balaban J connectivity index is 2.06. The normalized spacial score (nSPS) is 19.3. The molecule has 0 bridgehead atoms. The van der Waals surface area contributed by atoms with Crippen LogP contribution < -0.4 is 11.3 Å². The van der Waals surface area contributed by atoms with Crippen molar-refractivity contribution in [3.05, 3.63) is 30.1 Å². The predicted octanol–water partition coefficient (Wildman–Crippen LogP) is 1.72. The van der Waals surface area contributed by atoms with E-state index < -0.39 is 0 Å². The van der Waals surface area contributed by atoms with Gasteiger partial charge < -0.3 is 0 Å².